The normalized spacial score (nSPS) is 15.0. The molecule has 1 aliphatic heterocycles. The Morgan fingerprint density at radius 3 is 2.37 bits per heavy atom. The van der Waals surface area contributed by atoms with Crippen LogP contribution in [0.25, 0.3) is 0 Å². The fourth-order valence-electron chi connectivity index (χ4n) is 3.01. The highest BCUT2D eigenvalue weighted by molar-refractivity contribution is 7.09. The van der Waals surface area contributed by atoms with Crippen LogP contribution >= 0.6 is 34.5 Å². The average Bonchev–Trinajstić information content (AvgIpc) is 3.14. The number of amides is 2. The van der Waals surface area contributed by atoms with Crippen molar-refractivity contribution in [3.63, 3.8) is 0 Å². The van der Waals surface area contributed by atoms with Crippen LogP contribution in [0.15, 0.2) is 35.7 Å². The number of hydrogen-bond donors (Lipinski definition) is 0. The van der Waals surface area contributed by atoms with Crippen molar-refractivity contribution in [3.05, 3.63) is 56.2 Å². The second-order valence-corrected chi connectivity index (χ2v) is 8.46. The van der Waals surface area contributed by atoms with Crippen LogP contribution in [0.3, 0.4) is 0 Å². The minimum Gasteiger partial charge on any atom is -0.340 e. The highest BCUT2D eigenvalue weighted by Crippen LogP contribution is 2.20. The minimum absolute atomic E-state index is 0.0832. The fourth-order valence-corrected chi connectivity index (χ4v) is 4.29. The van der Waals surface area contributed by atoms with Crippen LogP contribution in [0, 0.1) is 0 Å². The number of carbonyl (C=O) groups is 2. The zero-order chi connectivity index (χ0) is 19.4. The van der Waals surface area contributed by atoms with Gasteiger partial charge in [0.05, 0.1) is 13.1 Å². The molecule has 0 N–H and O–H groups in total. The molecule has 27 heavy (non-hydrogen) atoms. The zero-order valence-electron chi connectivity index (χ0n) is 15.0. The molecule has 1 fully saturated rings. The van der Waals surface area contributed by atoms with E-state index in [1.165, 1.54) is 4.88 Å². The van der Waals surface area contributed by atoms with Gasteiger partial charge in [-0.2, -0.15) is 0 Å². The number of halogens is 2. The summed E-state index contributed by atoms with van der Waals surface area (Å²) in [6.07, 6.45) is 0. The van der Waals surface area contributed by atoms with E-state index < -0.39 is 0 Å². The predicted octanol–water partition coefficient (Wildman–Crippen LogP) is 3.47. The maximum atomic E-state index is 12.6. The van der Waals surface area contributed by atoms with E-state index in [-0.39, 0.29) is 11.8 Å². The summed E-state index contributed by atoms with van der Waals surface area (Å²) in [7, 11) is 1.82. The smallest absolute Gasteiger partial charge is 0.254 e. The number of nitrogens with zero attached hydrogens (tertiary/aromatic N) is 3. The number of benzene rings is 1. The van der Waals surface area contributed by atoms with Gasteiger partial charge in [-0.1, -0.05) is 29.3 Å². The van der Waals surface area contributed by atoms with Crippen molar-refractivity contribution in [2.75, 3.05) is 39.8 Å². The van der Waals surface area contributed by atoms with Gasteiger partial charge in [0.15, 0.2) is 0 Å². The Morgan fingerprint density at radius 2 is 1.78 bits per heavy atom. The first-order valence-electron chi connectivity index (χ1n) is 8.66. The van der Waals surface area contributed by atoms with E-state index in [9.17, 15) is 9.59 Å². The molecule has 0 unspecified atom stereocenters. The molecule has 8 heteroatoms. The van der Waals surface area contributed by atoms with Crippen LogP contribution in [-0.4, -0.2) is 66.3 Å². The maximum absolute atomic E-state index is 12.6. The van der Waals surface area contributed by atoms with E-state index in [0.29, 0.717) is 54.9 Å². The molecule has 0 bridgehead atoms. The highest BCUT2D eigenvalue weighted by atomic mass is 35.5. The molecule has 144 valence electrons. The van der Waals surface area contributed by atoms with Gasteiger partial charge in [-0.3, -0.25) is 14.5 Å². The summed E-state index contributed by atoms with van der Waals surface area (Å²) >= 11 is 13.6. The Morgan fingerprint density at radius 1 is 1.11 bits per heavy atom. The summed E-state index contributed by atoms with van der Waals surface area (Å²) in [6, 6.07) is 8.88. The van der Waals surface area contributed by atoms with Crippen LogP contribution in [0.1, 0.15) is 15.2 Å². The molecule has 2 aromatic rings. The van der Waals surface area contributed by atoms with E-state index in [2.05, 4.69) is 4.90 Å². The van der Waals surface area contributed by atoms with Gasteiger partial charge in [0.2, 0.25) is 5.91 Å². The molecule has 2 heterocycles. The monoisotopic (exact) mass is 425 g/mol. The Hall–Kier alpha value is -1.60. The summed E-state index contributed by atoms with van der Waals surface area (Å²) < 4.78 is 0. The topological polar surface area (TPSA) is 43.9 Å². The fraction of sp³-hybridized carbons (Fsp3) is 0.368. The molecule has 0 atom stereocenters. The van der Waals surface area contributed by atoms with Gasteiger partial charge in [0.25, 0.3) is 5.91 Å². The van der Waals surface area contributed by atoms with Gasteiger partial charge in [-0.15, -0.1) is 11.3 Å². The highest BCUT2D eigenvalue weighted by Gasteiger charge is 2.24. The largest absolute Gasteiger partial charge is 0.340 e. The molecule has 0 spiro atoms. The molecule has 3 rings (SSSR count). The molecular formula is C19H21Cl2N3O2S. The Kier molecular flexibility index (Phi) is 6.76. The van der Waals surface area contributed by atoms with Crippen LogP contribution in [0.5, 0.6) is 0 Å². The molecule has 0 radical (unpaired) electrons. The van der Waals surface area contributed by atoms with Crippen molar-refractivity contribution in [3.8, 4) is 0 Å². The Bertz CT molecular complexity index is 785. The third-order valence-corrected chi connectivity index (χ3v) is 5.82. The zero-order valence-corrected chi connectivity index (χ0v) is 17.4. The summed E-state index contributed by atoms with van der Waals surface area (Å²) in [5, 5.41) is 2.91. The Balaban J connectivity index is 1.49. The molecule has 0 aliphatic carbocycles. The van der Waals surface area contributed by atoms with Gasteiger partial charge in [0, 0.05) is 53.7 Å². The predicted molar refractivity (Wildman–Crippen MR) is 110 cm³/mol. The SMILES string of the molecule is CN(Cc1cccs1)C(=O)CN1CCN(C(=O)c2cc(Cl)cc(Cl)c2)CC1. The summed E-state index contributed by atoms with van der Waals surface area (Å²) in [5.41, 5.74) is 0.493. The summed E-state index contributed by atoms with van der Waals surface area (Å²) in [5.74, 6) is 0.00462. The van der Waals surface area contributed by atoms with Crippen molar-refractivity contribution in [2.24, 2.45) is 0 Å². The van der Waals surface area contributed by atoms with E-state index in [4.69, 9.17) is 23.2 Å². The second-order valence-electron chi connectivity index (χ2n) is 6.56. The van der Waals surface area contributed by atoms with E-state index in [1.54, 1.807) is 39.3 Å². The maximum Gasteiger partial charge on any atom is 0.254 e. The number of piperazine rings is 1. The van der Waals surface area contributed by atoms with Gasteiger partial charge in [0.1, 0.15) is 0 Å². The molecule has 1 saturated heterocycles. The second kappa shape index (κ2) is 9.06. The number of thiophene rings is 1. The Labute approximate surface area is 173 Å². The lowest BCUT2D eigenvalue weighted by Crippen LogP contribution is -2.51. The average molecular weight is 426 g/mol. The van der Waals surface area contributed by atoms with Gasteiger partial charge in [-0.05, 0) is 29.6 Å². The minimum atomic E-state index is -0.0832. The van der Waals surface area contributed by atoms with Gasteiger partial charge in [-0.25, -0.2) is 0 Å². The quantitative estimate of drug-likeness (QED) is 0.736. The lowest BCUT2D eigenvalue weighted by molar-refractivity contribution is -0.131. The third kappa shape index (κ3) is 5.45. The van der Waals surface area contributed by atoms with E-state index in [1.807, 2.05) is 24.6 Å². The molecule has 1 aromatic heterocycles. The number of hydrogen-bond acceptors (Lipinski definition) is 4. The summed E-state index contributed by atoms with van der Waals surface area (Å²) in [6.45, 7) is 3.48. The van der Waals surface area contributed by atoms with E-state index >= 15 is 0 Å². The molecule has 1 aliphatic rings. The van der Waals surface area contributed by atoms with E-state index in [0.717, 1.165) is 0 Å². The molecule has 1 aromatic carbocycles. The number of likely N-dealkylation sites (N-methyl/N-ethyl adjacent to an activating group) is 1. The van der Waals surface area contributed by atoms with Crippen LogP contribution in [-0.2, 0) is 11.3 Å². The lowest BCUT2D eigenvalue weighted by Gasteiger charge is -2.35. The van der Waals surface area contributed by atoms with Crippen LogP contribution in [0.4, 0.5) is 0 Å². The van der Waals surface area contributed by atoms with Gasteiger partial charge >= 0.3 is 0 Å². The van der Waals surface area contributed by atoms with Crippen molar-refractivity contribution >= 4 is 46.4 Å². The van der Waals surface area contributed by atoms with Gasteiger partial charge < -0.3 is 9.80 Å². The number of rotatable bonds is 5. The first-order valence-corrected chi connectivity index (χ1v) is 10.3. The standard InChI is InChI=1S/C19H21Cl2N3O2S/c1-22(12-17-3-2-8-27-17)18(25)13-23-4-6-24(7-5-23)19(26)14-9-15(20)11-16(21)10-14/h2-3,8-11H,4-7,12-13H2,1H3. The molecular weight excluding hydrogens is 405 g/mol. The molecule has 2 amide bonds. The van der Waals surface area contributed by atoms with Crippen molar-refractivity contribution in [2.45, 2.75) is 6.54 Å². The molecule has 5 nitrogen and oxygen atoms in total. The van der Waals surface area contributed by atoms with Crippen LogP contribution < -0.4 is 0 Å². The van der Waals surface area contributed by atoms with Crippen LogP contribution in [0.2, 0.25) is 10.0 Å². The summed E-state index contributed by atoms with van der Waals surface area (Å²) in [4.78, 5) is 31.8. The van der Waals surface area contributed by atoms with Crippen molar-refractivity contribution < 1.29 is 9.59 Å². The van der Waals surface area contributed by atoms with Crippen molar-refractivity contribution in [1.82, 2.24) is 14.7 Å². The molecule has 0 saturated carbocycles. The number of carbonyl (C=O) groups excluding carboxylic acids is 2. The lowest BCUT2D eigenvalue weighted by atomic mass is 10.2. The first-order chi connectivity index (χ1) is 12.9. The third-order valence-electron chi connectivity index (χ3n) is 4.53. The first kappa shape index (κ1) is 20.1. The van der Waals surface area contributed by atoms with Crippen molar-refractivity contribution in [1.29, 1.82) is 0 Å².